The Balaban J connectivity index is 1.46. The largest absolute Gasteiger partial charge is 0.368 e. The maximum atomic E-state index is 13.0. The van der Waals surface area contributed by atoms with Gasteiger partial charge in [-0.2, -0.15) is 13.9 Å². The molecule has 1 aromatic carbocycles. The van der Waals surface area contributed by atoms with Gasteiger partial charge in [-0.15, -0.1) is 0 Å². The Morgan fingerprint density at radius 3 is 2.56 bits per heavy atom. The summed E-state index contributed by atoms with van der Waals surface area (Å²) in [5.41, 5.74) is 2.35. The quantitative estimate of drug-likeness (QED) is 0.286. The van der Waals surface area contributed by atoms with Crippen molar-refractivity contribution in [2.75, 3.05) is 28.8 Å². The van der Waals surface area contributed by atoms with Crippen molar-refractivity contribution in [3.63, 3.8) is 0 Å². The van der Waals surface area contributed by atoms with Crippen LogP contribution in [-0.4, -0.2) is 57.7 Å². The van der Waals surface area contributed by atoms with E-state index < -0.39 is 16.4 Å². The molecule has 4 heterocycles. The van der Waals surface area contributed by atoms with E-state index in [9.17, 15) is 17.2 Å². The Hall–Kier alpha value is -3.38. The molecule has 5 rings (SSSR count). The van der Waals surface area contributed by atoms with Gasteiger partial charge in [-0.3, -0.25) is 0 Å². The first kappa shape index (κ1) is 27.2. The van der Waals surface area contributed by atoms with Gasteiger partial charge in [0.05, 0.1) is 11.3 Å². The number of anilines is 3. The second-order valence-corrected chi connectivity index (χ2v) is 12.7. The highest BCUT2D eigenvalue weighted by Gasteiger charge is 2.38. The zero-order chi connectivity index (χ0) is 28.1. The lowest BCUT2D eigenvalue weighted by atomic mass is 9.88. The fraction of sp³-hybridized carbons (Fsp3) is 0.385. The number of hydrogen-bond donors (Lipinski definition) is 1. The SMILES string of the molecule is CC(C)c1ccc(N2C[C@H](CS(C)(=O)=O)[C@H]2C)c2cnc(Nc3ccnc(-c4cn(C(F)F)nc4Cl)n3)cc12. The van der Waals surface area contributed by atoms with Crippen LogP contribution in [0.4, 0.5) is 26.1 Å². The number of fused-ring (bicyclic) bond motifs is 1. The monoisotopic (exact) mass is 575 g/mol. The number of sulfone groups is 1. The highest BCUT2D eigenvalue weighted by atomic mass is 35.5. The third kappa shape index (κ3) is 5.53. The van der Waals surface area contributed by atoms with Gasteiger partial charge in [-0.05, 0) is 42.0 Å². The second-order valence-electron chi connectivity index (χ2n) is 10.2. The number of pyridine rings is 1. The van der Waals surface area contributed by atoms with Gasteiger partial charge >= 0.3 is 6.55 Å². The van der Waals surface area contributed by atoms with Crippen molar-refractivity contribution in [3.05, 3.63) is 53.6 Å². The predicted molar refractivity (Wildman–Crippen MR) is 149 cm³/mol. The molecule has 0 spiro atoms. The molecule has 39 heavy (non-hydrogen) atoms. The van der Waals surface area contributed by atoms with Gasteiger partial charge in [-0.25, -0.2) is 28.1 Å². The molecule has 9 nitrogen and oxygen atoms in total. The van der Waals surface area contributed by atoms with E-state index in [0.29, 0.717) is 22.9 Å². The van der Waals surface area contributed by atoms with Crippen LogP contribution in [0, 0.1) is 5.92 Å². The van der Waals surface area contributed by atoms with Crippen LogP contribution < -0.4 is 10.2 Å². The van der Waals surface area contributed by atoms with Crippen molar-refractivity contribution in [3.8, 4) is 11.4 Å². The lowest BCUT2D eigenvalue weighted by molar-refractivity contribution is 0.0567. The highest BCUT2D eigenvalue weighted by molar-refractivity contribution is 7.90. The minimum Gasteiger partial charge on any atom is -0.368 e. The number of hydrogen-bond acceptors (Lipinski definition) is 8. The molecule has 0 saturated carbocycles. The van der Waals surface area contributed by atoms with Crippen molar-refractivity contribution in [1.82, 2.24) is 24.7 Å². The minimum atomic E-state index is -3.05. The van der Waals surface area contributed by atoms with E-state index in [0.717, 1.165) is 28.2 Å². The molecule has 1 aliphatic rings. The summed E-state index contributed by atoms with van der Waals surface area (Å²) in [7, 11) is -3.05. The van der Waals surface area contributed by atoms with Crippen molar-refractivity contribution in [2.45, 2.75) is 39.3 Å². The minimum absolute atomic E-state index is 0.0852. The molecular weight excluding hydrogens is 548 g/mol. The molecule has 1 fully saturated rings. The molecule has 0 amide bonds. The maximum Gasteiger partial charge on any atom is 0.333 e. The fourth-order valence-electron chi connectivity index (χ4n) is 4.96. The Morgan fingerprint density at radius 2 is 1.92 bits per heavy atom. The zero-order valence-corrected chi connectivity index (χ0v) is 23.4. The average Bonchev–Trinajstić information content (AvgIpc) is 3.27. The second kappa shape index (κ2) is 10.3. The van der Waals surface area contributed by atoms with Crippen LogP contribution in [-0.2, 0) is 9.84 Å². The molecule has 0 radical (unpaired) electrons. The smallest absolute Gasteiger partial charge is 0.333 e. The molecule has 13 heteroatoms. The number of alkyl halides is 2. The van der Waals surface area contributed by atoms with E-state index in [-0.39, 0.29) is 40.2 Å². The van der Waals surface area contributed by atoms with Crippen LogP contribution in [0.5, 0.6) is 0 Å². The number of nitrogens with zero attached hydrogens (tertiary/aromatic N) is 6. The molecule has 0 bridgehead atoms. The summed E-state index contributed by atoms with van der Waals surface area (Å²) in [6, 6.07) is 7.88. The van der Waals surface area contributed by atoms with E-state index in [4.69, 9.17) is 11.6 Å². The van der Waals surface area contributed by atoms with Crippen LogP contribution in [0.2, 0.25) is 5.15 Å². The molecular formula is C26H28ClF2N7O2S. The Morgan fingerprint density at radius 1 is 1.15 bits per heavy atom. The van der Waals surface area contributed by atoms with Crippen molar-refractivity contribution < 1.29 is 17.2 Å². The van der Waals surface area contributed by atoms with Crippen LogP contribution >= 0.6 is 11.6 Å². The molecule has 1 N–H and O–H groups in total. The van der Waals surface area contributed by atoms with E-state index in [1.807, 2.05) is 6.07 Å². The summed E-state index contributed by atoms with van der Waals surface area (Å²) in [6.45, 7) is 4.13. The maximum absolute atomic E-state index is 13.0. The summed E-state index contributed by atoms with van der Waals surface area (Å²) in [5.74, 6) is 1.62. The molecule has 206 valence electrons. The summed E-state index contributed by atoms with van der Waals surface area (Å²) in [5, 5.41) is 8.67. The third-order valence-electron chi connectivity index (χ3n) is 7.00. The van der Waals surface area contributed by atoms with Crippen molar-refractivity contribution >= 4 is 49.5 Å². The molecule has 1 saturated heterocycles. The normalized spacial score (nSPS) is 17.7. The summed E-state index contributed by atoms with van der Waals surface area (Å²) in [4.78, 5) is 15.4. The average molecular weight is 576 g/mol. The van der Waals surface area contributed by atoms with Gasteiger partial charge in [0.1, 0.15) is 21.5 Å². The lowest BCUT2D eigenvalue weighted by Gasteiger charge is -2.48. The van der Waals surface area contributed by atoms with Crippen molar-refractivity contribution in [1.29, 1.82) is 0 Å². The first-order valence-electron chi connectivity index (χ1n) is 12.4. The van der Waals surface area contributed by atoms with Gasteiger partial charge in [0.15, 0.2) is 11.0 Å². The number of aromatic nitrogens is 5. The fourth-order valence-corrected chi connectivity index (χ4v) is 6.35. The van der Waals surface area contributed by atoms with E-state index in [2.05, 4.69) is 63.2 Å². The first-order valence-corrected chi connectivity index (χ1v) is 14.9. The number of halogens is 3. The molecule has 3 aromatic heterocycles. The first-order chi connectivity index (χ1) is 18.4. The Bertz CT molecular complexity index is 1640. The van der Waals surface area contributed by atoms with Crippen LogP contribution in [0.25, 0.3) is 22.2 Å². The molecule has 0 unspecified atom stereocenters. The van der Waals surface area contributed by atoms with Gasteiger partial charge in [-0.1, -0.05) is 31.5 Å². The summed E-state index contributed by atoms with van der Waals surface area (Å²) in [6.07, 6.45) is 5.69. The topological polar surface area (TPSA) is 106 Å². The standard InChI is InChI=1S/C26H28ClF2N7O2S/c1-14(2)17-5-6-21(35-11-16(15(35)3)13-39(4,37)38)19-10-31-23(9-18(17)19)32-22-7-8-30-25(33-22)20-12-36(26(28)29)34-24(20)27/h5-10,12,14-16,26H,11,13H2,1-4H3,(H,30,31,32,33)/t15-,16-/m1/s1. The van der Waals surface area contributed by atoms with Gasteiger partial charge in [0.2, 0.25) is 0 Å². The zero-order valence-electron chi connectivity index (χ0n) is 21.8. The third-order valence-corrected chi connectivity index (χ3v) is 8.32. The predicted octanol–water partition coefficient (Wildman–Crippen LogP) is 5.67. The molecule has 0 aliphatic carbocycles. The van der Waals surface area contributed by atoms with Crippen LogP contribution in [0.1, 0.15) is 38.8 Å². The Labute approximate surface area is 230 Å². The number of benzene rings is 1. The Kier molecular flexibility index (Phi) is 7.19. The lowest BCUT2D eigenvalue weighted by Crippen LogP contribution is -2.57. The van der Waals surface area contributed by atoms with Crippen LogP contribution in [0.15, 0.2) is 42.9 Å². The van der Waals surface area contributed by atoms with Crippen LogP contribution in [0.3, 0.4) is 0 Å². The van der Waals surface area contributed by atoms with E-state index in [1.54, 1.807) is 12.3 Å². The summed E-state index contributed by atoms with van der Waals surface area (Å²) >= 11 is 6.04. The summed E-state index contributed by atoms with van der Waals surface area (Å²) < 4.78 is 50.1. The number of nitrogens with one attached hydrogen (secondary N) is 1. The van der Waals surface area contributed by atoms with E-state index >= 15 is 0 Å². The van der Waals surface area contributed by atoms with E-state index in [1.165, 1.54) is 12.5 Å². The van der Waals surface area contributed by atoms with Gasteiger partial charge in [0, 0.05) is 54.4 Å². The van der Waals surface area contributed by atoms with Gasteiger partial charge < -0.3 is 10.2 Å². The molecule has 1 aliphatic heterocycles. The molecule has 4 aromatic rings. The highest BCUT2D eigenvalue weighted by Crippen LogP contribution is 2.39. The number of rotatable bonds is 8. The van der Waals surface area contributed by atoms with Crippen molar-refractivity contribution in [2.24, 2.45) is 5.92 Å². The molecule has 2 atom stereocenters. The van der Waals surface area contributed by atoms with Gasteiger partial charge in [0.25, 0.3) is 0 Å².